The first-order valence-corrected chi connectivity index (χ1v) is 13.9. The van der Waals surface area contributed by atoms with E-state index in [0.29, 0.717) is 52.5 Å². The molecule has 11 heteroatoms. The average Bonchev–Trinajstić information content (AvgIpc) is 3.13. The first kappa shape index (κ1) is 25.8. The standard InChI is InChI=1S/C26H27F3N4O2S2/c1-5-20(34)33-15(3)11-31(12-16(33)4)24-17-10-18(26(27,28)29)21(19-9-14(2)13-37-19)23-22(17)32(25(35)30-24)7-6-8-36-23/h5,9-10,13,15-16H,1,6-8,11-12H2,2-4H3. The van der Waals surface area contributed by atoms with Gasteiger partial charge in [-0.3, -0.25) is 9.36 Å². The predicted octanol–water partition coefficient (Wildman–Crippen LogP) is 5.56. The van der Waals surface area contributed by atoms with E-state index in [1.54, 1.807) is 11.0 Å². The lowest BCUT2D eigenvalue weighted by Gasteiger charge is -2.44. The molecule has 0 spiro atoms. The van der Waals surface area contributed by atoms with Gasteiger partial charge in [0.05, 0.1) is 11.1 Å². The number of nitrogens with zero attached hydrogens (tertiary/aromatic N) is 4. The number of thiophene rings is 1. The largest absolute Gasteiger partial charge is 0.417 e. The van der Waals surface area contributed by atoms with Crippen molar-refractivity contribution in [2.24, 2.45) is 0 Å². The molecule has 1 amide bonds. The number of hydrogen-bond donors (Lipinski definition) is 0. The zero-order valence-corrected chi connectivity index (χ0v) is 22.4. The van der Waals surface area contributed by atoms with E-state index in [-0.39, 0.29) is 29.4 Å². The lowest BCUT2D eigenvalue weighted by atomic mass is 10.00. The number of carbonyl (C=O) groups excluding carboxylic acids is 1. The van der Waals surface area contributed by atoms with Crippen molar-refractivity contribution in [2.75, 3.05) is 23.7 Å². The van der Waals surface area contributed by atoms with Crippen molar-refractivity contribution in [3.05, 3.63) is 51.8 Å². The van der Waals surface area contributed by atoms with E-state index in [9.17, 15) is 22.8 Å². The highest BCUT2D eigenvalue weighted by molar-refractivity contribution is 7.99. The number of halogens is 3. The Morgan fingerprint density at radius 3 is 2.51 bits per heavy atom. The Kier molecular flexibility index (Phi) is 6.64. The lowest BCUT2D eigenvalue weighted by molar-refractivity contribution is -0.137. The van der Waals surface area contributed by atoms with E-state index in [1.165, 1.54) is 39.8 Å². The van der Waals surface area contributed by atoms with Gasteiger partial charge < -0.3 is 9.80 Å². The van der Waals surface area contributed by atoms with E-state index in [0.717, 1.165) is 5.56 Å². The molecule has 0 aliphatic carbocycles. The quantitative estimate of drug-likeness (QED) is 0.401. The number of aromatic nitrogens is 2. The van der Waals surface area contributed by atoms with Crippen molar-refractivity contribution < 1.29 is 18.0 Å². The normalized spacial score (nSPS) is 20.3. The van der Waals surface area contributed by atoms with Crippen LogP contribution in [0.5, 0.6) is 0 Å². The van der Waals surface area contributed by atoms with Crippen LogP contribution >= 0.6 is 23.1 Å². The summed E-state index contributed by atoms with van der Waals surface area (Å²) < 4.78 is 45.3. The van der Waals surface area contributed by atoms with E-state index >= 15 is 0 Å². The molecule has 0 saturated carbocycles. The molecule has 3 aromatic rings. The van der Waals surface area contributed by atoms with Crippen LogP contribution in [0.1, 0.15) is 31.4 Å². The van der Waals surface area contributed by atoms with Crippen molar-refractivity contribution in [3.63, 3.8) is 0 Å². The Balaban J connectivity index is 1.79. The van der Waals surface area contributed by atoms with Crippen LogP contribution in [0.15, 0.2) is 39.9 Å². The maximum absolute atomic E-state index is 14.6. The molecule has 5 rings (SSSR count). The maximum atomic E-state index is 14.6. The average molecular weight is 549 g/mol. The Labute approximate surface area is 220 Å². The molecule has 1 aromatic carbocycles. The fourth-order valence-electron chi connectivity index (χ4n) is 5.45. The molecule has 0 radical (unpaired) electrons. The fourth-order valence-corrected chi connectivity index (χ4v) is 7.67. The molecule has 0 bridgehead atoms. The van der Waals surface area contributed by atoms with Crippen LogP contribution in [-0.2, 0) is 17.5 Å². The molecule has 0 N–H and O–H groups in total. The van der Waals surface area contributed by atoms with Gasteiger partial charge in [-0.2, -0.15) is 18.2 Å². The van der Waals surface area contributed by atoms with Crippen LogP contribution < -0.4 is 10.6 Å². The summed E-state index contributed by atoms with van der Waals surface area (Å²) >= 11 is 2.65. The summed E-state index contributed by atoms with van der Waals surface area (Å²) in [6.45, 7) is 10.3. The van der Waals surface area contributed by atoms with Crippen molar-refractivity contribution in [2.45, 2.75) is 56.9 Å². The smallest absolute Gasteiger partial charge is 0.352 e. The first-order chi connectivity index (χ1) is 17.5. The number of benzene rings is 1. The molecule has 2 aromatic heterocycles. The van der Waals surface area contributed by atoms with Gasteiger partial charge in [-0.25, -0.2) is 4.79 Å². The zero-order chi connectivity index (χ0) is 26.6. The third-order valence-corrected chi connectivity index (χ3v) is 9.15. The second kappa shape index (κ2) is 9.50. The van der Waals surface area contributed by atoms with Gasteiger partial charge >= 0.3 is 11.9 Å². The minimum Gasteiger partial charge on any atom is -0.352 e. The molecule has 37 heavy (non-hydrogen) atoms. The van der Waals surface area contributed by atoms with E-state index in [2.05, 4.69) is 11.6 Å². The summed E-state index contributed by atoms with van der Waals surface area (Å²) in [5.74, 6) is 0.636. The van der Waals surface area contributed by atoms with Crippen LogP contribution in [0, 0.1) is 6.92 Å². The topological polar surface area (TPSA) is 58.4 Å². The van der Waals surface area contributed by atoms with Gasteiger partial charge in [0.1, 0.15) is 5.82 Å². The summed E-state index contributed by atoms with van der Waals surface area (Å²) in [6.07, 6.45) is -2.69. The van der Waals surface area contributed by atoms with Crippen molar-refractivity contribution >= 4 is 45.7 Å². The molecule has 4 heterocycles. The number of piperazine rings is 1. The van der Waals surface area contributed by atoms with Gasteiger partial charge in [0, 0.05) is 52.4 Å². The van der Waals surface area contributed by atoms with Crippen LogP contribution in [0.3, 0.4) is 0 Å². The van der Waals surface area contributed by atoms with Crippen molar-refractivity contribution in [1.29, 1.82) is 0 Å². The number of carbonyl (C=O) groups is 1. The Morgan fingerprint density at radius 2 is 1.92 bits per heavy atom. The van der Waals surface area contributed by atoms with Crippen molar-refractivity contribution in [3.8, 4) is 10.4 Å². The summed E-state index contributed by atoms with van der Waals surface area (Å²) in [4.78, 5) is 34.6. The van der Waals surface area contributed by atoms with Crippen molar-refractivity contribution in [1.82, 2.24) is 14.5 Å². The minimum absolute atomic E-state index is 0.137. The second-order valence-electron chi connectivity index (χ2n) is 9.63. The number of alkyl halides is 3. The van der Waals surface area contributed by atoms with Crippen LogP contribution in [0.4, 0.5) is 19.0 Å². The molecule has 2 unspecified atom stereocenters. The van der Waals surface area contributed by atoms with E-state index in [1.807, 2.05) is 31.1 Å². The van der Waals surface area contributed by atoms with Gasteiger partial charge in [-0.15, -0.1) is 23.1 Å². The summed E-state index contributed by atoms with van der Waals surface area (Å²) in [6, 6.07) is 2.46. The molecule has 196 valence electrons. The van der Waals surface area contributed by atoms with E-state index < -0.39 is 17.4 Å². The van der Waals surface area contributed by atoms with Crippen LogP contribution in [0.25, 0.3) is 21.3 Å². The summed E-state index contributed by atoms with van der Waals surface area (Å²) in [5, 5.41) is 2.15. The summed E-state index contributed by atoms with van der Waals surface area (Å²) in [7, 11) is 0. The number of thioether (sulfide) groups is 1. The molecular formula is C26H27F3N4O2S2. The number of aryl methyl sites for hydroxylation is 2. The fraction of sp³-hybridized carbons (Fsp3) is 0.423. The Morgan fingerprint density at radius 1 is 1.22 bits per heavy atom. The minimum atomic E-state index is -4.60. The monoisotopic (exact) mass is 548 g/mol. The Hall–Kier alpha value is -2.79. The maximum Gasteiger partial charge on any atom is 0.417 e. The van der Waals surface area contributed by atoms with Gasteiger partial charge in [0.25, 0.3) is 0 Å². The van der Waals surface area contributed by atoms with Crippen LogP contribution in [0.2, 0.25) is 0 Å². The number of anilines is 1. The molecule has 2 aliphatic heterocycles. The molecule has 1 saturated heterocycles. The molecule has 6 nitrogen and oxygen atoms in total. The van der Waals surface area contributed by atoms with Gasteiger partial charge in [0.2, 0.25) is 5.91 Å². The molecule has 1 fully saturated rings. The zero-order valence-electron chi connectivity index (χ0n) is 20.8. The molecule has 2 atom stereocenters. The van der Waals surface area contributed by atoms with Gasteiger partial charge in [-0.1, -0.05) is 6.58 Å². The summed E-state index contributed by atoms with van der Waals surface area (Å²) in [5.41, 5.74) is 0.349. The molecular weight excluding hydrogens is 521 g/mol. The van der Waals surface area contributed by atoms with Crippen LogP contribution in [-0.4, -0.2) is 51.3 Å². The number of hydrogen-bond acceptors (Lipinski definition) is 6. The highest BCUT2D eigenvalue weighted by atomic mass is 32.2. The SMILES string of the molecule is C=CC(=O)N1C(C)CN(c2nc(=O)n3c4c(c(-c5cc(C)cs5)c(C(F)(F)F)cc24)SCCC3)CC1C. The van der Waals surface area contributed by atoms with Gasteiger partial charge in [-0.05, 0) is 62.1 Å². The highest BCUT2D eigenvalue weighted by Gasteiger charge is 2.39. The molecule has 2 aliphatic rings. The number of amides is 1. The highest BCUT2D eigenvalue weighted by Crippen LogP contribution is 2.49. The number of rotatable bonds is 3. The van der Waals surface area contributed by atoms with Gasteiger partial charge in [0.15, 0.2) is 0 Å². The van der Waals surface area contributed by atoms with E-state index in [4.69, 9.17) is 0 Å². The third kappa shape index (κ3) is 4.46. The lowest BCUT2D eigenvalue weighted by Crippen LogP contribution is -2.58. The third-order valence-electron chi connectivity index (χ3n) is 6.90. The second-order valence-corrected chi connectivity index (χ2v) is 11.7. The predicted molar refractivity (Wildman–Crippen MR) is 143 cm³/mol. The first-order valence-electron chi connectivity index (χ1n) is 12.1. The Bertz CT molecular complexity index is 1450.